The average molecular weight is 257 g/mol. The van der Waals surface area contributed by atoms with Gasteiger partial charge in [0, 0.05) is 55.5 Å². The first-order valence-electron chi connectivity index (χ1n) is 6.73. The lowest BCUT2D eigenvalue weighted by Crippen LogP contribution is -2.44. The number of nitrogens with zero attached hydrogens (tertiary/aromatic N) is 3. The molecule has 5 heteroatoms. The molecule has 0 spiro atoms. The molecule has 0 aromatic carbocycles. The van der Waals surface area contributed by atoms with E-state index in [-0.39, 0.29) is 0 Å². The van der Waals surface area contributed by atoms with Crippen LogP contribution in [0.5, 0.6) is 0 Å². The molecule has 19 heavy (non-hydrogen) atoms. The molecule has 0 saturated carbocycles. The number of anilines is 1. The van der Waals surface area contributed by atoms with E-state index >= 15 is 0 Å². The predicted molar refractivity (Wildman–Crippen MR) is 76.1 cm³/mol. The molecule has 1 unspecified atom stereocenters. The summed E-state index contributed by atoms with van der Waals surface area (Å²) in [5.74, 6) is 0.799. The Bertz CT molecular complexity index is 499. The molecule has 1 fully saturated rings. The van der Waals surface area contributed by atoms with Gasteiger partial charge in [0.2, 0.25) is 5.95 Å². The fourth-order valence-corrected chi connectivity index (χ4v) is 2.48. The molecule has 1 aliphatic rings. The molecule has 3 rings (SSSR count). The minimum absolute atomic E-state index is 0.492. The summed E-state index contributed by atoms with van der Waals surface area (Å²) in [6, 6.07) is 2.51. The highest BCUT2D eigenvalue weighted by atomic mass is 15.3. The van der Waals surface area contributed by atoms with Crippen molar-refractivity contribution in [2.45, 2.75) is 18.9 Å². The van der Waals surface area contributed by atoms with E-state index < -0.39 is 0 Å². The maximum atomic E-state index is 4.48. The van der Waals surface area contributed by atoms with Crippen LogP contribution in [-0.4, -0.2) is 41.1 Å². The van der Waals surface area contributed by atoms with Crippen molar-refractivity contribution in [2.24, 2.45) is 0 Å². The van der Waals surface area contributed by atoms with Crippen LogP contribution in [-0.2, 0) is 0 Å². The summed E-state index contributed by atoms with van der Waals surface area (Å²) in [6.07, 6.45) is 10.1. The van der Waals surface area contributed by atoms with Gasteiger partial charge in [0.25, 0.3) is 0 Å². The summed E-state index contributed by atoms with van der Waals surface area (Å²) < 4.78 is 0. The van der Waals surface area contributed by atoms with Gasteiger partial charge in [-0.25, -0.2) is 9.97 Å². The lowest BCUT2D eigenvalue weighted by Gasteiger charge is -2.31. The topological polar surface area (TPSA) is 56.8 Å². The molecule has 2 aromatic rings. The smallest absolute Gasteiger partial charge is 0.225 e. The maximum Gasteiger partial charge on any atom is 0.225 e. The standard InChI is InChI=1S/C14H19N5/c1-19(13-3-2-5-15-10-13)14-17-8-12(9-18-14)11-4-6-16-7-11/h4,6-9,13,15-16H,2-3,5,10H2,1H3. The third-order valence-corrected chi connectivity index (χ3v) is 3.70. The van der Waals surface area contributed by atoms with E-state index in [0.29, 0.717) is 6.04 Å². The third kappa shape index (κ3) is 2.61. The molecule has 3 heterocycles. The number of H-pyrrole nitrogens is 1. The quantitative estimate of drug-likeness (QED) is 0.878. The normalized spacial score (nSPS) is 19.3. The summed E-state index contributed by atoms with van der Waals surface area (Å²) in [7, 11) is 2.07. The van der Waals surface area contributed by atoms with Crippen molar-refractivity contribution in [3.63, 3.8) is 0 Å². The van der Waals surface area contributed by atoms with Gasteiger partial charge < -0.3 is 15.2 Å². The number of aromatic amines is 1. The summed E-state index contributed by atoms with van der Waals surface area (Å²) in [5, 5.41) is 3.42. The Morgan fingerprint density at radius 3 is 2.74 bits per heavy atom. The van der Waals surface area contributed by atoms with E-state index in [1.807, 2.05) is 30.9 Å². The summed E-state index contributed by atoms with van der Waals surface area (Å²) in [6.45, 7) is 2.14. The molecule has 2 N–H and O–H groups in total. The van der Waals surface area contributed by atoms with Crippen LogP contribution in [0.1, 0.15) is 12.8 Å². The molecule has 5 nitrogen and oxygen atoms in total. The van der Waals surface area contributed by atoms with Crippen LogP contribution in [0.2, 0.25) is 0 Å². The zero-order valence-corrected chi connectivity index (χ0v) is 11.1. The second-order valence-electron chi connectivity index (χ2n) is 4.98. The number of piperidine rings is 1. The molecule has 0 radical (unpaired) electrons. The number of aromatic nitrogens is 3. The Balaban J connectivity index is 1.74. The van der Waals surface area contributed by atoms with E-state index in [4.69, 9.17) is 0 Å². The molecule has 1 atom stereocenters. The second kappa shape index (κ2) is 5.40. The van der Waals surface area contributed by atoms with Crippen molar-refractivity contribution in [1.29, 1.82) is 0 Å². The summed E-state index contributed by atoms with van der Waals surface area (Å²) in [5.41, 5.74) is 2.16. The molecule has 0 amide bonds. The zero-order chi connectivity index (χ0) is 13.1. The van der Waals surface area contributed by atoms with Gasteiger partial charge in [0.1, 0.15) is 0 Å². The molecule has 0 bridgehead atoms. The van der Waals surface area contributed by atoms with Gasteiger partial charge in [0.05, 0.1) is 0 Å². The minimum Gasteiger partial charge on any atom is -0.367 e. The molecule has 100 valence electrons. The number of likely N-dealkylation sites (N-methyl/N-ethyl adjacent to an activating group) is 1. The molecular weight excluding hydrogens is 238 g/mol. The number of hydrogen-bond donors (Lipinski definition) is 2. The van der Waals surface area contributed by atoms with Crippen molar-refractivity contribution in [3.8, 4) is 11.1 Å². The Labute approximate surface area is 113 Å². The highest BCUT2D eigenvalue weighted by molar-refractivity contribution is 5.61. The lowest BCUT2D eigenvalue weighted by molar-refractivity contribution is 0.441. The lowest BCUT2D eigenvalue weighted by atomic mass is 10.1. The highest BCUT2D eigenvalue weighted by Crippen LogP contribution is 2.19. The van der Waals surface area contributed by atoms with Crippen LogP contribution in [0.15, 0.2) is 30.9 Å². The van der Waals surface area contributed by atoms with Crippen LogP contribution in [0.3, 0.4) is 0 Å². The SMILES string of the molecule is CN(c1ncc(-c2cc[nH]c2)cn1)C1CCCNC1. The fourth-order valence-electron chi connectivity index (χ4n) is 2.48. The monoisotopic (exact) mass is 257 g/mol. The van der Waals surface area contributed by atoms with Crippen molar-refractivity contribution in [2.75, 3.05) is 25.0 Å². The van der Waals surface area contributed by atoms with Crippen molar-refractivity contribution in [3.05, 3.63) is 30.9 Å². The van der Waals surface area contributed by atoms with E-state index in [9.17, 15) is 0 Å². The Morgan fingerprint density at radius 1 is 1.26 bits per heavy atom. The van der Waals surface area contributed by atoms with E-state index in [1.54, 1.807) is 0 Å². The van der Waals surface area contributed by atoms with Crippen molar-refractivity contribution < 1.29 is 0 Å². The molecule has 2 aromatic heterocycles. The third-order valence-electron chi connectivity index (χ3n) is 3.70. The average Bonchev–Trinajstić information content (AvgIpc) is 3.02. The van der Waals surface area contributed by atoms with Gasteiger partial charge in [-0.2, -0.15) is 0 Å². The van der Waals surface area contributed by atoms with E-state index in [1.165, 1.54) is 12.8 Å². The fraction of sp³-hybridized carbons (Fsp3) is 0.429. The van der Waals surface area contributed by atoms with Gasteiger partial charge >= 0.3 is 0 Å². The van der Waals surface area contributed by atoms with E-state index in [0.717, 1.165) is 30.2 Å². The zero-order valence-electron chi connectivity index (χ0n) is 11.1. The molecule has 1 saturated heterocycles. The Morgan fingerprint density at radius 2 is 2.11 bits per heavy atom. The van der Waals surface area contributed by atoms with E-state index in [2.05, 4.69) is 32.2 Å². The number of nitrogens with one attached hydrogen (secondary N) is 2. The van der Waals surface area contributed by atoms with Gasteiger partial charge in [-0.1, -0.05) is 0 Å². The highest BCUT2D eigenvalue weighted by Gasteiger charge is 2.19. The number of hydrogen-bond acceptors (Lipinski definition) is 4. The first kappa shape index (κ1) is 12.2. The predicted octanol–water partition coefficient (Wildman–Crippen LogP) is 1.66. The second-order valence-corrected chi connectivity index (χ2v) is 4.98. The van der Waals surface area contributed by atoms with Crippen LogP contribution in [0, 0.1) is 0 Å². The van der Waals surface area contributed by atoms with Crippen LogP contribution in [0.4, 0.5) is 5.95 Å². The van der Waals surface area contributed by atoms with Crippen molar-refractivity contribution in [1.82, 2.24) is 20.3 Å². The van der Waals surface area contributed by atoms with Gasteiger partial charge in [-0.15, -0.1) is 0 Å². The molecule has 0 aliphatic carbocycles. The van der Waals surface area contributed by atoms with Gasteiger partial charge in [-0.05, 0) is 25.5 Å². The van der Waals surface area contributed by atoms with Crippen LogP contribution < -0.4 is 10.2 Å². The first-order chi connectivity index (χ1) is 9.34. The minimum atomic E-state index is 0.492. The van der Waals surface area contributed by atoms with Crippen LogP contribution in [0.25, 0.3) is 11.1 Å². The summed E-state index contributed by atoms with van der Waals surface area (Å²) >= 11 is 0. The molecular formula is C14H19N5. The number of rotatable bonds is 3. The summed E-state index contributed by atoms with van der Waals surface area (Å²) in [4.78, 5) is 14.2. The van der Waals surface area contributed by atoms with Gasteiger partial charge in [-0.3, -0.25) is 0 Å². The van der Waals surface area contributed by atoms with Gasteiger partial charge in [0.15, 0.2) is 0 Å². The maximum absolute atomic E-state index is 4.48. The van der Waals surface area contributed by atoms with Crippen molar-refractivity contribution >= 4 is 5.95 Å². The largest absolute Gasteiger partial charge is 0.367 e. The Hall–Kier alpha value is -1.88. The van der Waals surface area contributed by atoms with Crippen LogP contribution >= 0.6 is 0 Å². The Kier molecular flexibility index (Phi) is 3.46. The first-order valence-corrected chi connectivity index (χ1v) is 6.73. The molecule has 1 aliphatic heterocycles.